The minimum Gasteiger partial charge on any atom is -0.507 e. The molecule has 4 heteroatoms. The molecule has 4 nitrogen and oxygen atoms in total. The number of rotatable bonds is 4. The standard InChI is InChI=1S/C13H18N2O2/c1-9(2)8-13(17)15-14-10(3)11-6-4-5-7-12(11)16/h4-7,9,16H,8H2,1-3H3,(H,15,17)/b14-10+. The molecule has 0 aromatic heterocycles. The number of hydrazone groups is 1. The van der Waals surface area contributed by atoms with Crippen molar-refractivity contribution in [3.05, 3.63) is 29.8 Å². The highest BCUT2D eigenvalue weighted by atomic mass is 16.3. The fourth-order valence-electron chi connectivity index (χ4n) is 1.40. The van der Waals surface area contributed by atoms with Gasteiger partial charge in [0.2, 0.25) is 5.91 Å². The molecule has 0 aliphatic rings. The Kier molecular flexibility index (Phi) is 4.69. The largest absolute Gasteiger partial charge is 0.507 e. The summed E-state index contributed by atoms with van der Waals surface area (Å²) < 4.78 is 0. The lowest BCUT2D eigenvalue weighted by Gasteiger charge is -2.05. The molecule has 92 valence electrons. The first-order chi connectivity index (χ1) is 8.00. The molecule has 1 aromatic rings. The second-order valence-corrected chi connectivity index (χ2v) is 4.35. The summed E-state index contributed by atoms with van der Waals surface area (Å²) in [5.41, 5.74) is 3.68. The van der Waals surface area contributed by atoms with E-state index in [-0.39, 0.29) is 11.7 Å². The van der Waals surface area contributed by atoms with E-state index in [9.17, 15) is 9.90 Å². The van der Waals surface area contributed by atoms with Gasteiger partial charge in [-0.15, -0.1) is 0 Å². The first-order valence-corrected chi connectivity index (χ1v) is 5.62. The quantitative estimate of drug-likeness (QED) is 0.620. The predicted molar refractivity (Wildman–Crippen MR) is 67.9 cm³/mol. The predicted octanol–water partition coefficient (Wildman–Crippen LogP) is 2.28. The summed E-state index contributed by atoms with van der Waals surface area (Å²) in [4.78, 5) is 11.4. The molecular formula is C13H18N2O2. The third-order valence-electron chi connectivity index (χ3n) is 2.24. The maximum absolute atomic E-state index is 11.4. The molecule has 1 rings (SSSR count). The Morgan fingerprint density at radius 2 is 2.06 bits per heavy atom. The number of hydrogen-bond donors (Lipinski definition) is 2. The van der Waals surface area contributed by atoms with Crippen LogP contribution in [0.1, 0.15) is 32.8 Å². The van der Waals surface area contributed by atoms with E-state index in [0.29, 0.717) is 23.6 Å². The summed E-state index contributed by atoms with van der Waals surface area (Å²) in [5, 5.41) is 13.6. The van der Waals surface area contributed by atoms with E-state index in [2.05, 4.69) is 10.5 Å². The number of para-hydroxylation sites is 1. The van der Waals surface area contributed by atoms with Gasteiger partial charge in [0, 0.05) is 12.0 Å². The fourth-order valence-corrected chi connectivity index (χ4v) is 1.40. The third kappa shape index (κ3) is 4.26. The number of benzene rings is 1. The molecule has 0 saturated carbocycles. The highest BCUT2D eigenvalue weighted by Crippen LogP contribution is 2.16. The first-order valence-electron chi connectivity index (χ1n) is 5.62. The Morgan fingerprint density at radius 3 is 2.65 bits per heavy atom. The van der Waals surface area contributed by atoms with Crippen LogP contribution in [0.15, 0.2) is 29.4 Å². The molecule has 1 amide bonds. The van der Waals surface area contributed by atoms with E-state index >= 15 is 0 Å². The average molecular weight is 234 g/mol. The number of amides is 1. The Hall–Kier alpha value is -1.84. The molecule has 1 aromatic carbocycles. The van der Waals surface area contributed by atoms with Crippen LogP contribution in [0.4, 0.5) is 0 Å². The molecule has 0 unspecified atom stereocenters. The molecule has 17 heavy (non-hydrogen) atoms. The molecule has 0 radical (unpaired) electrons. The smallest absolute Gasteiger partial charge is 0.240 e. The highest BCUT2D eigenvalue weighted by Gasteiger charge is 2.06. The van der Waals surface area contributed by atoms with Crippen molar-refractivity contribution in [1.29, 1.82) is 0 Å². The summed E-state index contributed by atoms with van der Waals surface area (Å²) in [5.74, 6) is 0.345. The van der Waals surface area contributed by atoms with Crippen LogP contribution in [0.2, 0.25) is 0 Å². The van der Waals surface area contributed by atoms with Crippen molar-refractivity contribution < 1.29 is 9.90 Å². The van der Waals surface area contributed by atoms with Crippen molar-refractivity contribution in [3.8, 4) is 5.75 Å². The highest BCUT2D eigenvalue weighted by molar-refractivity contribution is 6.01. The van der Waals surface area contributed by atoms with Gasteiger partial charge in [0.15, 0.2) is 0 Å². The van der Waals surface area contributed by atoms with Crippen molar-refractivity contribution in [3.63, 3.8) is 0 Å². The van der Waals surface area contributed by atoms with Crippen LogP contribution in [0, 0.1) is 5.92 Å². The first kappa shape index (κ1) is 13.2. The van der Waals surface area contributed by atoms with E-state index in [0.717, 1.165) is 0 Å². The maximum atomic E-state index is 11.4. The number of phenols is 1. The number of aromatic hydroxyl groups is 1. The molecule has 0 atom stereocenters. The Bertz CT molecular complexity index is 425. The zero-order valence-corrected chi connectivity index (χ0v) is 10.4. The Labute approximate surface area is 101 Å². The number of carbonyl (C=O) groups excluding carboxylic acids is 1. The van der Waals surface area contributed by atoms with Gasteiger partial charge in [0.05, 0.1) is 5.71 Å². The molecule has 2 N–H and O–H groups in total. The molecule has 0 saturated heterocycles. The van der Waals surface area contributed by atoms with Crippen molar-refractivity contribution in [2.24, 2.45) is 11.0 Å². The monoisotopic (exact) mass is 234 g/mol. The zero-order chi connectivity index (χ0) is 12.8. The van der Waals surface area contributed by atoms with Gasteiger partial charge in [-0.05, 0) is 25.0 Å². The van der Waals surface area contributed by atoms with Crippen molar-refractivity contribution in [2.45, 2.75) is 27.2 Å². The molecule has 0 spiro atoms. The molecule has 0 fully saturated rings. The average Bonchev–Trinajstić information content (AvgIpc) is 2.25. The number of nitrogens with one attached hydrogen (secondary N) is 1. The lowest BCUT2D eigenvalue weighted by Crippen LogP contribution is -2.20. The van der Waals surface area contributed by atoms with Gasteiger partial charge < -0.3 is 5.11 Å². The summed E-state index contributed by atoms with van der Waals surface area (Å²) in [6, 6.07) is 6.89. The summed E-state index contributed by atoms with van der Waals surface area (Å²) in [6.07, 6.45) is 0.442. The van der Waals surface area contributed by atoms with E-state index in [1.54, 1.807) is 25.1 Å². The van der Waals surface area contributed by atoms with Crippen LogP contribution < -0.4 is 5.43 Å². The van der Waals surface area contributed by atoms with Crippen molar-refractivity contribution >= 4 is 11.6 Å². The van der Waals surface area contributed by atoms with Gasteiger partial charge in [-0.2, -0.15) is 5.10 Å². The van der Waals surface area contributed by atoms with Gasteiger partial charge in [0.25, 0.3) is 0 Å². The zero-order valence-electron chi connectivity index (χ0n) is 10.4. The van der Waals surface area contributed by atoms with Crippen LogP contribution in [0.5, 0.6) is 5.75 Å². The van der Waals surface area contributed by atoms with Crippen molar-refractivity contribution in [1.82, 2.24) is 5.43 Å². The second kappa shape index (κ2) is 6.03. The van der Waals surface area contributed by atoms with Gasteiger partial charge in [-0.3, -0.25) is 4.79 Å². The number of hydrogen-bond acceptors (Lipinski definition) is 3. The normalized spacial score (nSPS) is 11.6. The van der Waals surface area contributed by atoms with Crippen LogP contribution in [-0.4, -0.2) is 16.7 Å². The van der Waals surface area contributed by atoms with Gasteiger partial charge in [-0.25, -0.2) is 5.43 Å². The molecule has 0 aliphatic heterocycles. The molecule has 0 bridgehead atoms. The summed E-state index contributed by atoms with van der Waals surface area (Å²) in [7, 11) is 0. The minimum atomic E-state index is -0.116. The Balaban J connectivity index is 2.68. The summed E-state index contributed by atoms with van der Waals surface area (Å²) >= 11 is 0. The van der Waals surface area contributed by atoms with Crippen LogP contribution in [0.3, 0.4) is 0 Å². The van der Waals surface area contributed by atoms with Crippen LogP contribution >= 0.6 is 0 Å². The minimum absolute atomic E-state index is 0.116. The van der Waals surface area contributed by atoms with E-state index in [1.807, 2.05) is 19.9 Å². The number of phenolic OH excluding ortho intramolecular Hbond substituents is 1. The molecule has 0 heterocycles. The number of nitrogens with zero attached hydrogens (tertiary/aromatic N) is 1. The fraction of sp³-hybridized carbons (Fsp3) is 0.385. The Morgan fingerprint density at radius 1 is 1.41 bits per heavy atom. The molecular weight excluding hydrogens is 216 g/mol. The lowest BCUT2D eigenvalue weighted by molar-refractivity contribution is -0.121. The van der Waals surface area contributed by atoms with E-state index in [1.165, 1.54) is 0 Å². The molecule has 0 aliphatic carbocycles. The van der Waals surface area contributed by atoms with Crippen molar-refractivity contribution in [2.75, 3.05) is 0 Å². The maximum Gasteiger partial charge on any atom is 0.240 e. The van der Waals surface area contributed by atoms with Crippen LogP contribution in [-0.2, 0) is 4.79 Å². The second-order valence-electron chi connectivity index (χ2n) is 4.35. The van der Waals surface area contributed by atoms with E-state index in [4.69, 9.17) is 0 Å². The summed E-state index contributed by atoms with van der Waals surface area (Å²) in [6.45, 7) is 5.68. The van der Waals surface area contributed by atoms with Gasteiger partial charge in [-0.1, -0.05) is 26.0 Å². The van der Waals surface area contributed by atoms with Gasteiger partial charge >= 0.3 is 0 Å². The third-order valence-corrected chi connectivity index (χ3v) is 2.24. The lowest BCUT2D eigenvalue weighted by atomic mass is 10.1. The number of carbonyl (C=O) groups is 1. The van der Waals surface area contributed by atoms with E-state index < -0.39 is 0 Å². The van der Waals surface area contributed by atoms with Crippen LogP contribution in [0.25, 0.3) is 0 Å². The SMILES string of the molecule is C/C(=N\NC(=O)CC(C)C)c1ccccc1O. The van der Waals surface area contributed by atoms with Gasteiger partial charge in [0.1, 0.15) is 5.75 Å². The topological polar surface area (TPSA) is 61.7 Å².